The van der Waals surface area contributed by atoms with Gasteiger partial charge < -0.3 is 54.1 Å². The van der Waals surface area contributed by atoms with Crippen LogP contribution < -0.4 is 15.4 Å². The van der Waals surface area contributed by atoms with Crippen LogP contribution in [-0.4, -0.2) is 120 Å². The average molecular weight is 861 g/mol. The van der Waals surface area contributed by atoms with Gasteiger partial charge in [-0.25, -0.2) is 19.6 Å². The van der Waals surface area contributed by atoms with Crippen LogP contribution in [0.1, 0.15) is 74.4 Å². The SMILES string of the molecule is C=C1c2ccc(-c3ccc4nc([C@@H]5CCCN5C(=O)[C@@H](NC(=O)OC)[C@@H](C)OC)[nH]c4c3)cc2Oc2ccc(-c3cnc([C@@H]4CCCN4C(=O)[C@@H](NC(=O)OC)[C@@H](C)OC)[nH]3)cc21. The first kappa shape index (κ1) is 42.9. The average Bonchev–Trinajstić information content (AvgIpc) is 4.15. The van der Waals surface area contributed by atoms with Gasteiger partial charge in [-0.3, -0.25) is 9.59 Å². The zero-order valence-corrected chi connectivity index (χ0v) is 36.2. The zero-order chi connectivity index (χ0) is 44.5. The molecule has 2 aromatic heterocycles. The molecule has 5 heterocycles. The fraction of sp³-hybridized carbons (Fsp3) is 0.391. The lowest BCUT2D eigenvalue weighted by Crippen LogP contribution is -2.54. The number of hydrogen-bond acceptors (Lipinski definition) is 11. The number of ether oxygens (including phenoxy) is 5. The zero-order valence-electron chi connectivity index (χ0n) is 36.2. The van der Waals surface area contributed by atoms with Crippen LogP contribution in [0.2, 0.25) is 0 Å². The number of carbonyl (C=O) groups is 4. The molecule has 5 aromatic rings. The summed E-state index contributed by atoms with van der Waals surface area (Å²) in [6, 6.07) is 15.5. The molecule has 3 aliphatic rings. The van der Waals surface area contributed by atoms with Gasteiger partial charge in [0.05, 0.1) is 61.4 Å². The molecule has 0 bridgehead atoms. The Labute approximate surface area is 364 Å². The Kier molecular flexibility index (Phi) is 12.2. The minimum absolute atomic E-state index is 0.261. The summed E-state index contributed by atoms with van der Waals surface area (Å²) in [5.74, 6) is 2.15. The number of nitrogens with one attached hydrogen (secondary N) is 4. The molecule has 63 heavy (non-hydrogen) atoms. The molecule has 4 amide bonds. The van der Waals surface area contributed by atoms with Crippen LogP contribution in [0.25, 0.3) is 39.0 Å². The summed E-state index contributed by atoms with van der Waals surface area (Å²) in [5.41, 5.74) is 7.68. The van der Waals surface area contributed by atoms with Crippen molar-refractivity contribution in [2.24, 2.45) is 0 Å². The number of H-pyrrole nitrogens is 2. The molecule has 0 aliphatic carbocycles. The maximum atomic E-state index is 13.8. The first-order valence-electron chi connectivity index (χ1n) is 21.0. The van der Waals surface area contributed by atoms with E-state index in [4.69, 9.17) is 33.7 Å². The van der Waals surface area contributed by atoms with Gasteiger partial charge in [-0.05, 0) is 92.6 Å². The number of rotatable bonds is 12. The quantitative estimate of drug-likeness (QED) is 0.103. The maximum absolute atomic E-state index is 13.8. The Morgan fingerprint density at radius 1 is 0.730 bits per heavy atom. The van der Waals surface area contributed by atoms with E-state index in [1.165, 1.54) is 28.4 Å². The van der Waals surface area contributed by atoms with E-state index in [-0.39, 0.29) is 23.9 Å². The standard InChI is InChI=1S/C46H52N8O9/c1-24-30-15-12-28(27-13-16-32-33(21-27)49-42(48-32)36-11-9-19-54(36)44(56)40(26(3)60-5)52-46(58)62-7)22-38(30)63-37-17-14-29(20-31(24)37)34-23-47-41(50-34)35-10-8-18-53(35)43(55)39(25(2)59-4)51-45(57)61-6/h12-17,20-23,25-26,35-36,39-40H,1,8-11,18-19H2,2-7H3,(H,47,50)(H,48,49)(H,51,57)(H,52,58)/t25-,26-,35+,36+,39+,40+/m1/s1. The van der Waals surface area contributed by atoms with Crippen LogP contribution in [0.5, 0.6) is 11.5 Å². The smallest absolute Gasteiger partial charge is 0.407 e. The van der Waals surface area contributed by atoms with Crippen LogP contribution in [-0.2, 0) is 28.5 Å². The van der Waals surface area contributed by atoms with Gasteiger partial charge in [0.25, 0.3) is 0 Å². The fourth-order valence-corrected chi connectivity index (χ4v) is 8.73. The molecule has 330 valence electrons. The minimum atomic E-state index is -0.922. The van der Waals surface area contributed by atoms with Gasteiger partial charge in [-0.2, -0.15) is 0 Å². The number of aromatic nitrogens is 4. The highest BCUT2D eigenvalue weighted by atomic mass is 16.5. The summed E-state index contributed by atoms with van der Waals surface area (Å²) < 4.78 is 26.9. The number of hydrogen-bond donors (Lipinski definition) is 4. The largest absolute Gasteiger partial charge is 0.456 e. The number of alkyl carbamates (subject to hydrolysis) is 2. The molecule has 3 aromatic carbocycles. The topological polar surface area (TPSA) is 202 Å². The number of likely N-dealkylation sites (tertiary alicyclic amines) is 2. The maximum Gasteiger partial charge on any atom is 0.407 e. The summed E-state index contributed by atoms with van der Waals surface area (Å²) in [6.45, 7) is 8.96. The van der Waals surface area contributed by atoms with Crippen molar-refractivity contribution in [1.29, 1.82) is 0 Å². The number of nitrogens with zero attached hydrogens (tertiary/aromatic N) is 4. The van der Waals surface area contributed by atoms with Crippen molar-refractivity contribution in [3.05, 3.63) is 90.1 Å². The molecule has 4 N–H and O–H groups in total. The van der Waals surface area contributed by atoms with Crippen molar-refractivity contribution in [3.8, 4) is 33.9 Å². The highest BCUT2D eigenvalue weighted by Gasteiger charge is 2.40. The second kappa shape index (κ2) is 17.9. The normalized spacial score (nSPS) is 18.8. The monoisotopic (exact) mass is 860 g/mol. The summed E-state index contributed by atoms with van der Waals surface area (Å²) in [6.07, 6.45) is 2.21. The number of carbonyl (C=O) groups excluding carboxylic acids is 4. The van der Waals surface area contributed by atoms with Crippen LogP contribution in [0.4, 0.5) is 9.59 Å². The van der Waals surface area contributed by atoms with Gasteiger partial charge in [0, 0.05) is 44.0 Å². The van der Waals surface area contributed by atoms with E-state index < -0.39 is 36.5 Å². The van der Waals surface area contributed by atoms with Crippen molar-refractivity contribution in [1.82, 2.24) is 40.4 Å². The fourth-order valence-electron chi connectivity index (χ4n) is 8.73. The lowest BCUT2D eigenvalue weighted by molar-refractivity contribution is -0.138. The molecule has 6 atom stereocenters. The van der Waals surface area contributed by atoms with Gasteiger partial charge in [0.15, 0.2) is 0 Å². The van der Waals surface area contributed by atoms with Crippen molar-refractivity contribution >= 4 is 40.6 Å². The summed E-state index contributed by atoms with van der Waals surface area (Å²) in [7, 11) is 5.50. The molecule has 3 aliphatic heterocycles. The summed E-state index contributed by atoms with van der Waals surface area (Å²) >= 11 is 0. The number of imidazole rings is 2. The predicted octanol–water partition coefficient (Wildman–Crippen LogP) is 6.63. The number of amides is 4. The third kappa shape index (κ3) is 8.33. The molecule has 2 saturated heterocycles. The van der Waals surface area contributed by atoms with Crippen molar-refractivity contribution < 1.29 is 42.9 Å². The van der Waals surface area contributed by atoms with E-state index in [1.807, 2.05) is 54.6 Å². The van der Waals surface area contributed by atoms with Gasteiger partial charge in [-0.15, -0.1) is 0 Å². The third-order valence-electron chi connectivity index (χ3n) is 12.4. The number of methoxy groups -OCH3 is 4. The highest BCUT2D eigenvalue weighted by Crippen LogP contribution is 2.46. The molecule has 8 rings (SSSR count). The first-order chi connectivity index (χ1) is 30.4. The Hall–Kier alpha value is -6.72. The van der Waals surface area contributed by atoms with E-state index in [0.29, 0.717) is 42.7 Å². The molecule has 0 radical (unpaired) electrons. The van der Waals surface area contributed by atoms with Crippen LogP contribution in [0.15, 0.2) is 67.4 Å². The van der Waals surface area contributed by atoms with E-state index in [0.717, 1.165) is 69.4 Å². The van der Waals surface area contributed by atoms with Gasteiger partial charge in [0.1, 0.15) is 35.2 Å². The second-order valence-electron chi connectivity index (χ2n) is 16.0. The van der Waals surface area contributed by atoms with E-state index in [9.17, 15) is 19.2 Å². The Morgan fingerprint density at radius 2 is 1.32 bits per heavy atom. The van der Waals surface area contributed by atoms with Crippen LogP contribution in [0.3, 0.4) is 0 Å². The highest BCUT2D eigenvalue weighted by molar-refractivity contribution is 5.91. The van der Waals surface area contributed by atoms with E-state index >= 15 is 0 Å². The molecule has 17 nitrogen and oxygen atoms in total. The van der Waals surface area contributed by atoms with E-state index in [1.54, 1.807) is 29.8 Å². The van der Waals surface area contributed by atoms with Crippen molar-refractivity contribution in [3.63, 3.8) is 0 Å². The van der Waals surface area contributed by atoms with Gasteiger partial charge in [-0.1, -0.05) is 24.8 Å². The second-order valence-corrected chi connectivity index (χ2v) is 16.0. The molecule has 0 spiro atoms. The minimum Gasteiger partial charge on any atom is -0.456 e. The third-order valence-corrected chi connectivity index (χ3v) is 12.4. The lowest BCUT2D eigenvalue weighted by atomic mass is 9.92. The summed E-state index contributed by atoms with van der Waals surface area (Å²) in [5, 5.41) is 5.26. The van der Waals surface area contributed by atoms with Crippen LogP contribution >= 0.6 is 0 Å². The van der Waals surface area contributed by atoms with Crippen molar-refractivity contribution in [2.75, 3.05) is 41.5 Å². The van der Waals surface area contributed by atoms with Gasteiger partial charge >= 0.3 is 12.2 Å². The number of fused-ring (bicyclic) bond motifs is 3. The lowest BCUT2D eigenvalue weighted by Gasteiger charge is -2.30. The molecule has 0 unspecified atom stereocenters. The molecule has 0 saturated carbocycles. The Balaban J connectivity index is 0.980. The predicted molar refractivity (Wildman–Crippen MR) is 233 cm³/mol. The molecule has 17 heteroatoms. The number of benzene rings is 3. The molecular weight excluding hydrogens is 809 g/mol. The first-order valence-corrected chi connectivity index (χ1v) is 21.0. The van der Waals surface area contributed by atoms with Gasteiger partial charge in [0.2, 0.25) is 11.8 Å². The Bertz CT molecular complexity index is 2570. The number of aromatic amines is 2. The molecule has 2 fully saturated rings. The molecular formula is C46H52N8O9. The van der Waals surface area contributed by atoms with Crippen LogP contribution in [0, 0.1) is 0 Å². The summed E-state index contributed by atoms with van der Waals surface area (Å²) in [4.78, 5) is 71.7. The Morgan fingerprint density at radius 3 is 1.94 bits per heavy atom. The van der Waals surface area contributed by atoms with Crippen molar-refractivity contribution in [2.45, 2.75) is 75.9 Å². The van der Waals surface area contributed by atoms with E-state index in [2.05, 4.69) is 27.2 Å².